The molecule has 5 nitrogen and oxygen atoms in total. The van der Waals surface area contributed by atoms with Crippen LogP contribution in [0.3, 0.4) is 0 Å². The van der Waals surface area contributed by atoms with Crippen molar-refractivity contribution >= 4 is 16.0 Å². The van der Waals surface area contributed by atoms with E-state index in [0.717, 1.165) is 11.2 Å². The number of nitrogens with zero attached hydrogens (tertiary/aromatic N) is 1. The van der Waals surface area contributed by atoms with E-state index < -0.39 is 51.1 Å². The molecule has 0 aliphatic heterocycles. The first kappa shape index (κ1) is 26.5. The lowest BCUT2D eigenvalue weighted by Crippen LogP contribution is -2.38. The summed E-state index contributed by atoms with van der Waals surface area (Å²) in [4.78, 5) is 14.2. The fourth-order valence-electron chi connectivity index (χ4n) is 2.96. The highest BCUT2D eigenvalue weighted by atomic mass is 32.2. The molecule has 2 aromatic carbocycles. The predicted molar refractivity (Wildman–Crippen MR) is 108 cm³/mol. The lowest BCUT2D eigenvalue weighted by Gasteiger charge is -2.29. The molecule has 12 heteroatoms. The van der Waals surface area contributed by atoms with Crippen molar-refractivity contribution in [2.75, 3.05) is 6.26 Å². The minimum Gasteiger partial charge on any atom is -0.383 e. The van der Waals surface area contributed by atoms with E-state index in [2.05, 4.69) is 0 Å². The molecule has 0 radical (unpaired) electrons. The van der Waals surface area contributed by atoms with Crippen LogP contribution in [0.15, 0.2) is 42.5 Å². The Morgan fingerprint density at radius 1 is 1.00 bits per heavy atom. The van der Waals surface area contributed by atoms with Gasteiger partial charge in [0.1, 0.15) is 5.75 Å². The topological polar surface area (TPSA) is 63.7 Å². The van der Waals surface area contributed by atoms with Gasteiger partial charge in [0.15, 0.2) is 0 Å². The van der Waals surface area contributed by atoms with Gasteiger partial charge in [-0.3, -0.25) is 4.79 Å². The van der Waals surface area contributed by atoms with Gasteiger partial charge in [-0.25, -0.2) is 0 Å². The average molecular weight is 497 g/mol. The molecule has 0 bridgehead atoms. The van der Waals surface area contributed by atoms with Crippen LogP contribution in [0.25, 0.3) is 0 Å². The maximum absolute atomic E-state index is 13.2. The maximum Gasteiger partial charge on any atom is 0.416 e. The third kappa shape index (κ3) is 7.37. The van der Waals surface area contributed by atoms with E-state index in [0.29, 0.717) is 24.1 Å². The van der Waals surface area contributed by atoms with Gasteiger partial charge < -0.3 is 9.08 Å². The molecular weight excluding hydrogens is 476 g/mol. The van der Waals surface area contributed by atoms with Gasteiger partial charge in [-0.1, -0.05) is 19.1 Å². The summed E-state index contributed by atoms with van der Waals surface area (Å²) in [5, 5.41) is 0. The molecule has 182 valence electrons. The van der Waals surface area contributed by atoms with Crippen molar-refractivity contribution in [2.24, 2.45) is 0 Å². The minimum atomic E-state index is -5.09. The molecule has 0 N–H and O–H groups in total. The van der Waals surface area contributed by atoms with E-state index in [-0.39, 0.29) is 18.4 Å². The van der Waals surface area contributed by atoms with Gasteiger partial charge in [0.25, 0.3) is 5.91 Å². The van der Waals surface area contributed by atoms with Gasteiger partial charge in [-0.05, 0) is 49.2 Å². The zero-order valence-electron chi connectivity index (χ0n) is 17.8. The van der Waals surface area contributed by atoms with Crippen molar-refractivity contribution in [1.82, 2.24) is 4.90 Å². The van der Waals surface area contributed by atoms with Crippen LogP contribution in [0.5, 0.6) is 5.75 Å². The molecule has 2 rings (SSSR count). The van der Waals surface area contributed by atoms with E-state index in [1.807, 2.05) is 0 Å². The number of halogens is 6. The van der Waals surface area contributed by atoms with E-state index in [9.17, 15) is 39.6 Å². The Hall–Kier alpha value is -2.76. The highest BCUT2D eigenvalue weighted by molar-refractivity contribution is 7.86. The van der Waals surface area contributed by atoms with Crippen molar-refractivity contribution in [2.45, 2.75) is 45.2 Å². The zero-order valence-corrected chi connectivity index (χ0v) is 18.6. The van der Waals surface area contributed by atoms with Crippen molar-refractivity contribution in [3.8, 4) is 5.75 Å². The molecule has 1 amide bonds. The van der Waals surface area contributed by atoms with Gasteiger partial charge in [0.2, 0.25) is 0 Å². The molecule has 0 aliphatic rings. The van der Waals surface area contributed by atoms with Crippen LogP contribution in [0.1, 0.15) is 47.3 Å². The van der Waals surface area contributed by atoms with Gasteiger partial charge >= 0.3 is 22.5 Å². The third-order valence-corrected chi connectivity index (χ3v) is 5.21. The Labute approximate surface area is 187 Å². The van der Waals surface area contributed by atoms with E-state index in [4.69, 9.17) is 4.18 Å². The first-order valence-electron chi connectivity index (χ1n) is 9.60. The molecule has 2 aromatic rings. The van der Waals surface area contributed by atoms with E-state index >= 15 is 0 Å². The van der Waals surface area contributed by atoms with Crippen molar-refractivity contribution < 1.29 is 43.7 Å². The fraction of sp³-hybridized carbons (Fsp3) is 0.381. The quantitative estimate of drug-likeness (QED) is 0.374. The molecular formula is C21H21F6NO4S. The summed E-state index contributed by atoms with van der Waals surface area (Å²) in [6.45, 7) is 3.08. The largest absolute Gasteiger partial charge is 0.416 e. The second kappa shape index (κ2) is 9.62. The molecule has 0 fully saturated rings. The molecule has 0 aliphatic carbocycles. The van der Waals surface area contributed by atoms with Gasteiger partial charge in [0, 0.05) is 18.2 Å². The molecule has 0 saturated carbocycles. The van der Waals surface area contributed by atoms with Crippen molar-refractivity contribution in [3.63, 3.8) is 0 Å². The molecule has 0 spiro atoms. The Morgan fingerprint density at radius 3 is 2.00 bits per heavy atom. The zero-order chi connectivity index (χ0) is 25.2. The fourth-order valence-corrected chi connectivity index (χ4v) is 3.41. The van der Waals surface area contributed by atoms with Gasteiger partial charge in [-0.15, -0.1) is 0 Å². The molecule has 0 heterocycles. The summed E-state index contributed by atoms with van der Waals surface area (Å²) in [6.07, 6.45) is -8.99. The number of hydrogen-bond acceptors (Lipinski definition) is 4. The predicted octanol–water partition coefficient (Wildman–Crippen LogP) is 5.50. The summed E-state index contributed by atoms with van der Waals surface area (Å²) < 4.78 is 107. The van der Waals surface area contributed by atoms with E-state index in [1.165, 1.54) is 24.3 Å². The average Bonchev–Trinajstić information content (AvgIpc) is 2.68. The molecule has 0 aromatic heterocycles. The normalized spacial score (nSPS) is 13.5. The molecule has 0 saturated heterocycles. The lowest BCUT2D eigenvalue weighted by molar-refractivity contribution is -0.143. The van der Waals surface area contributed by atoms with Crippen LogP contribution in [-0.2, 0) is 29.0 Å². The standard InChI is InChI=1S/C21H21F6NO4S/c1-4-13(2)28(12-14-6-5-7-18(8-14)32-33(3,30)31)19(29)15-9-16(20(22,23)24)11-17(10-15)21(25,26)27/h5-11,13H,4,12H2,1-3H3. The monoisotopic (exact) mass is 497 g/mol. The van der Waals surface area contributed by atoms with Crippen LogP contribution in [0.2, 0.25) is 0 Å². The Morgan fingerprint density at radius 2 is 1.55 bits per heavy atom. The molecule has 33 heavy (non-hydrogen) atoms. The highest BCUT2D eigenvalue weighted by Crippen LogP contribution is 2.36. The Kier molecular flexibility index (Phi) is 7.72. The maximum atomic E-state index is 13.2. The van der Waals surface area contributed by atoms with Crippen LogP contribution in [0, 0.1) is 0 Å². The number of carbonyl (C=O) groups excluding carboxylic acids is 1. The summed E-state index contributed by atoms with van der Waals surface area (Å²) >= 11 is 0. The van der Waals surface area contributed by atoms with Crippen molar-refractivity contribution in [1.29, 1.82) is 0 Å². The molecule has 1 unspecified atom stereocenters. The first-order valence-corrected chi connectivity index (χ1v) is 11.4. The Balaban J connectivity index is 2.50. The number of hydrogen-bond donors (Lipinski definition) is 0. The summed E-state index contributed by atoms with van der Waals surface area (Å²) in [6, 6.07) is 5.80. The molecule has 1 atom stereocenters. The number of amides is 1. The van der Waals surface area contributed by atoms with E-state index in [1.54, 1.807) is 13.8 Å². The number of alkyl halides is 6. The van der Waals surface area contributed by atoms with Crippen LogP contribution < -0.4 is 4.18 Å². The number of carbonyl (C=O) groups is 1. The number of benzene rings is 2. The SMILES string of the molecule is CCC(C)N(Cc1cccc(OS(C)(=O)=O)c1)C(=O)c1cc(C(F)(F)F)cc(C(F)(F)F)c1. The minimum absolute atomic E-state index is 0.0453. The second-order valence-corrected chi connectivity index (χ2v) is 8.99. The van der Waals surface area contributed by atoms with Crippen LogP contribution in [0.4, 0.5) is 26.3 Å². The summed E-state index contributed by atoms with van der Waals surface area (Å²) in [5.41, 5.74) is -3.57. The summed E-state index contributed by atoms with van der Waals surface area (Å²) in [7, 11) is -3.83. The first-order chi connectivity index (χ1) is 15.0. The van der Waals surface area contributed by atoms with Crippen molar-refractivity contribution in [3.05, 3.63) is 64.7 Å². The smallest absolute Gasteiger partial charge is 0.383 e. The van der Waals surface area contributed by atoms with Crippen LogP contribution >= 0.6 is 0 Å². The van der Waals surface area contributed by atoms with Crippen LogP contribution in [-0.4, -0.2) is 31.5 Å². The van der Waals surface area contributed by atoms with Gasteiger partial charge in [-0.2, -0.15) is 34.8 Å². The third-order valence-electron chi connectivity index (χ3n) is 4.72. The van der Waals surface area contributed by atoms with Gasteiger partial charge in [0.05, 0.1) is 17.4 Å². The second-order valence-electron chi connectivity index (χ2n) is 7.42. The number of rotatable bonds is 7. The summed E-state index contributed by atoms with van der Waals surface area (Å²) in [5.74, 6) is -1.08. The Bertz CT molecular complexity index is 1080. The lowest BCUT2D eigenvalue weighted by atomic mass is 10.0. The highest BCUT2D eigenvalue weighted by Gasteiger charge is 2.38.